The van der Waals surface area contributed by atoms with E-state index in [-0.39, 0.29) is 23.8 Å². The largest absolute Gasteiger partial charge is 0.463 e. The molecule has 2 aliphatic rings. The Hall–Kier alpha value is -1.17. The van der Waals surface area contributed by atoms with Gasteiger partial charge >= 0.3 is 5.97 Å². The topological polar surface area (TPSA) is 54.0 Å². The van der Waals surface area contributed by atoms with Crippen molar-refractivity contribution in [2.75, 3.05) is 13.2 Å². The lowest BCUT2D eigenvalue weighted by Gasteiger charge is -2.38. The summed E-state index contributed by atoms with van der Waals surface area (Å²) in [6.45, 7) is 13.1. The van der Waals surface area contributed by atoms with E-state index in [1.807, 2.05) is 26.8 Å². The number of hydrogen-bond donors (Lipinski definition) is 0. The third-order valence-corrected chi connectivity index (χ3v) is 5.33. The fraction of sp³-hybridized carbons (Fsp3) is 0.773. The lowest BCUT2D eigenvalue weighted by molar-refractivity contribution is -0.178. The zero-order valence-electron chi connectivity index (χ0n) is 17.7. The molecule has 0 aromatic heterocycles. The summed E-state index contributed by atoms with van der Waals surface area (Å²) >= 11 is 0. The predicted molar refractivity (Wildman–Crippen MR) is 105 cm³/mol. The van der Waals surface area contributed by atoms with Crippen LogP contribution in [0.25, 0.3) is 0 Å². The molecule has 0 amide bonds. The second-order valence-corrected chi connectivity index (χ2v) is 8.45. The SMILES string of the molecule is CCOC(=O)/C=C/C(C)CCC[C@@]1(C)OC/C=C(/C)C[C@@H]2OC(C)(C)O[C@H]21. The Morgan fingerprint density at radius 1 is 1.37 bits per heavy atom. The van der Waals surface area contributed by atoms with Crippen LogP contribution in [0.1, 0.15) is 67.2 Å². The predicted octanol–water partition coefficient (Wildman–Crippen LogP) is 4.56. The summed E-state index contributed by atoms with van der Waals surface area (Å²) < 4.78 is 23.6. The molecule has 2 rings (SSSR count). The summed E-state index contributed by atoms with van der Waals surface area (Å²) in [6.07, 6.45) is 9.27. The molecule has 0 N–H and O–H groups in total. The number of ether oxygens (including phenoxy) is 4. The quantitative estimate of drug-likeness (QED) is 0.368. The maximum Gasteiger partial charge on any atom is 0.330 e. The minimum Gasteiger partial charge on any atom is -0.463 e. The van der Waals surface area contributed by atoms with Crippen molar-refractivity contribution >= 4 is 5.97 Å². The molecule has 0 saturated carbocycles. The average molecular weight is 381 g/mol. The van der Waals surface area contributed by atoms with Crippen LogP contribution >= 0.6 is 0 Å². The van der Waals surface area contributed by atoms with E-state index < -0.39 is 5.79 Å². The van der Waals surface area contributed by atoms with E-state index >= 15 is 0 Å². The monoisotopic (exact) mass is 380 g/mol. The fourth-order valence-corrected chi connectivity index (χ4v) is 3.88. The Kier molecular flexibility index (Phi) is 7.66. The van der Waals surface area contributed by atoms with E-state index in [2.05, 4.69) is 26.8 Å². The number of hydrogen-bond acceptors (Lipinski definition) is 5. The second-order valence-electron chi connectivity index (χ2n) is 8.45. The lowest BCUT2D eigenvalue weighted by atomic mass is 9.85. The number of esters is 1. The summed E-state index contributed by atoms with van der Waals surface area (Å²) in [5.74, 6) is -0.551. The van der Waals surface area contributed by atoms with Crippen molar-refractivity contribution in [2.24, 2.45) is 5.92 Å². The minimum absolute atomic E-state index is 0.0164. The smallest absolute Gasteiger partial charge is 0.330 e. The van der Waals surface area contributed by atoms with Gasteiger partial charge in [0.1, 0.15) is 6.10 Å². The van der Waals surface area contributed by atoms with Gasteiger partial charge in [-0.3, -0.25) is 0 Å². The van der Waals surface area contributed by atoms with Gasteiger partial charge in [-0.1, -0.05) is 24.6 Å². The van der Waals surface area contributed by atoms with Crippen LogP contribution in [0, 0.1) is 5.92 Å². The molecule has 0 bridgehead atoms. The van der Waals surface area contributed by atoms with Gasteiger partial charge in [-0.15, -0.1) is 0 Å². The molecule has 1 unspecified atom stereocenters. The highest BCUT2D eigenvalue weighted by atomic mass is 16.8. The Morgan fingerprint density at radius 3 is 2.81 bits per heavy atom. The molecule has 0 radical (unpaired) electrons. The third kappa shape index (κ3) is 6.44. The van der Waals surface area contributed by atoms with Gasteiger partial charge in [-0.25, -0.2) is 4.79 Å². The van der Waals surface area contributed by atoms with Crippen LogP contribution < -0.4 is 0 Å². The number of carbonyl (C=O) groups is 1. The Labute approximate surface area is 164 Å². The molecular weight excluding hydrogens is 344 g/mol. The summed E-state index contributed by atoms with van der Waals surface area (Å²) in [5, 5.41) is 0. The van der Waals surface area contributed by atoms with Crippen molar-refractivity contribution in [2.45, 2.75) is 90.8 Å². The highest BCUT2D eigenvalue weighted by Crippen LogP contribution is 2.41. The Bertz CT molecular complexity index is 565. The second kappa shape index (κ2) is 9.35. The molecule has 154 valence electrons. The van der Waals surface area contributed by atoms with Crippen molar-refractivity contribution in [3.63, 3.8) is 0 Å². The maximum atomic E-state index is 11.4. The standard InChI is InChI=1S/C22H36O5/c1-7-24-19(23)11-10-16(2)9-8-13-22(6)20-18(26-21(4,5)27-20)15-17(3)12-14-25-22/h10-12,16,18,20H,7-9,13-15H2,1-6H3/b11-10+,17-12-/t16?,18-,20+,22+/m0/s1. The van der Waals surface area contributed by atoms with Crippen LogP contribution in [0.5, 0.6) is 0 Å². The van der Waals surface area contributed by atoms with Crippen LogP contribution in [0.3, 0.4) is 0 Å². The summed E-state index contributed by atoms with van der Waals surface area (Å²) in [7, 11) is 0. The summed E-state index contributed by atoms with van der Waals surface area (Å²) in [6, 6.07) is 0. The van der Waals surface area contributed by atoms with Crippen LogP contribution in [-0.4, -0.2) is 42.8 Å². The first-order valence-electron chi connectivity index (χ1n) is 10.2. The molecule has 0 aliphatic carbocycles. The van der Waals surface area contributed by atoms with E-state index in [9.17, 15) is 4.79 Å². The highest BCUT2D eigenvalue weighted by molar-refractivity contribution is 5.81. The Balaban J connectivity index is 1.95. The van der Waals surface area contributed by atoms with Crippen molar-refractivity contribution in [3.05, 3.63) is 23.8 Å². The zero-order valence-corrected chi connectivity index (χ0v) is 17.7. The van der Waals surface area contributed by atoms with Crippen molar-refractivity contribution in [1.29, 1.82) is 0 Å². The number of allylic oxidation sites excluding steroid dienone is 1. The highest BCUT2D eigenvalue weighted by Gasteiger charge is 2.51. The molecule has 27 heavy (non-hydrogen) atoms. The van der Waals surface area contributed by atoms with Gasteiger partial charge in [-0.05, 0) is 66.2 Å². The van der Waals surface area contributed by atoms with Gasteiger partial charge in [0.2, 0.25) is 0 Å². The van der Waals surface area contributed by atoms with Crippen LogP contribution in [0.4, 0.5) is 0 Å². The average Bonchev–Trinajstić information content (AvgIpc) is 2.87. The fourth-order valence-electron chi connectivity index (χ4n) is 3.88. The first kappa shape index (κ1) is 22.1. The van der Waals surface area contributed by atoms with Gasteiger partial charge in [0.05, 0.1) is 24.9 Å². The maximum absolute atomic E-state index is 11.4. The van der Waals surface area contributed by atoms with Gasteiger partial charge in [0.25, 0.3) is 0 Å². The van der Waals surface area contributed by atoms with Gasteiger partial charge in [0.15, 0.2) is 5.79 Å². The van der Waals surface area contributed by atoms with Gasteiger partial charge < -0.3 is 18.9 Å². The van der Waals surface area contributed by atoms with Crippen molar-refractivity contribution < 1.29 is 23.7 Å². The number of fused-ring (bicyclic) bond motifs is 1. The minimum atomic E-state index is -0.583. The number of carbonyl (C=O) groups excluding carboxylic acids is 1. The Morgan fingerprint density at radius 2 is 2.11 bits per heavy atom. The van der Waals surface area contributed by atoms with E-state index in [1.165, 1.54) is 11.6 Å². The van der Waals surface area contributed by atoms with Gasteiger partial charge in [0, 0.05) is 6.08 Å². The molecule has 2 heterocycles. The molecular formula is C22H36O5. The summed E-state index contributed by atoms with van der Waals surface area (Å²) in [5.41, 5.74) is 0.895. The van der Waals surface area contributed by atoms with E-state index in [4.69, 9.17) is 18.9 Å². The van der Waals surface area contributed by atoms with E-state index in [0.29, 0.717) is 19.1 Å². The molecule has 4 atom stereocenters. The summed E-state index contributed by atoms with van der Waals surface area (Å²) in [4.78, 5) is 11.4. The first-order valence-corrected chi connectivity index (χ1v) is 10.2. The first-order chi connectivity index (χ1) is 12.6. The number of rotatable bonds is 7. The molecule has 0 spiro atoms. The molecule has 2 aliphatic heterocycles. The third-order valence-electron chi connectivity index (χ3n) is 5.33. The molecule has 5 nitrogen and oxygen atoms in total. The van der Waals surface area contributed by atoms with Crippen LogP contribution in [0.2, 0.25) is 0 Å². The van der Waals surface area contributed by atoms with E-state index in [0.717, 1.165) is 25.7 Å². The van der Waals surface area contributed by atoms with Gasteiger partial charge in [-0.2, -0.15) is 0 Å². The molecule has 1 saturated heterocycles. The molecule has 1 fully saturated rings. The van der Waals surface area contributed by atoms with Crippen molar-refractivity contribution in [3.8, 4) is 0 Å². The molecule has 0 aromatic rings. The molecule has 0 aromatic carbocycles. The lowest BCUT2D eigenvalue weighted by Crippen LogP contribution is -2.48. The zero-order chi connectivity index (χ0) is 20.1. The van der Waals surface area contributed by atoms with Crippen LogP contribution in [-0.2, 0) is 23.7 Å². The normalized spacial score (nSPS) is 33.6. The van der Waals surface area contributed by atoms with E-state index in [1.54, 1.807) is 0 Å². The van der Waals surface area contributed by atoms with Crippen LogP contribution in [0.15, 0.2) is 23.8 Å². The molecule has 5 heteroatoms. The van der Waals surface area contributed by atoms with Crippen molar-refractivity contribution in [1.82, 2.24) is 0 Å².